The first kappa shape index (κ1) is 24.7. The van der Waals surface area contributed by atoms with Gasteiger partial charge >= 0.3 is 15.2 Å². The Bertz CT molecular complexity index is 940. The van der Waals surface area contributed by atoms with Gasteiger partial charge in [-0.2, -0.15) is 0 Å². The SMILES string of the molecule is C#CCn1cnc2c(Cl)nc(C)nc21.COC(C)COP(=O)(O)CP(=O)(O)O. The number of hydrogen-bond donors (Lipinski definition) is 3. The van der Waals surface area contributed by atoms with E-state index in [1.807, 2.05) is 0 Å². The van der Waals surface area contributed by atoms with Gasteiger partial charge in [-0.3, -0.25) is 9.13 Å². The van der Waals surface area contributed by atoms with Crippen LogP contribution in [0.4, 0.5) is 0 Å². The van der Waals surface area contributed by atoms with E-state index in [-0.39, 0.29) is 6.61 Å². The van der Waals surface area contributed by atoms with Crippen LogP contribution in [0, 0.1) is 19.3 Å². The van der Waals surface area contributed by atoms with Crippen LogP contribution in [0.2, 0.25) is 5.15 Å². The third-order valence-corrected chi connectivity index (χ3v) is 6.79. The Labute approximate surface area is 166 Å². The Balaban J connectivity index is 0.000000280. The number of aromatic nitrogens is 4. The minimum atomic E-state index is -4.53. The van der Waals surface area contributed by atoms with Crippen molar-refractivity contribution < 1.29 is 33.1 Å². The normalized spacial score (nSPS) is 14.6. The highest BCUT2D eigenvalue weighted by molar-refractivity contribution is 7.70. The number of halogens is 1. The standard InChI is InChI=1S/C9H7ClN4.C5H14O7P2/c1-3-4-14-5-11-7-8(10)12-6(2)13-9(7)14;1-5(11-2)3-12-14(9,10)4-13(6,7)8/h1,5H,4H2,2H3;5H,3-4H2,1-2H3,(H,9,10)(H2,6,7,8). The van der Waals surface area contributed by atoms with E-state index in [1.54, 1.807) is 24.7 Å². The molecule has 2 aromatic heterocycles. The second-order valence-electron chi connectivity index (χ2n) is 5.60. The zero-order chi connectivity index (χ0) is 21.5. The zero-order valence-electron chi connectivity index (χ0n) is 15.4. The zero-order valence-corrected chi connectivity index (χ0v) is 17.9. The van der Waals surface area contributed by atoms with Gasteiger partial charge in [-0.1, -0.05) is 17.5 Å². The molecule has 0 amide bonds. The summed E-state index contributed by atoms with van der Waals surface area (Å²) < 4.78 is 32.4. The number of hydrogen-bond acceptors (Lipinski definition) is 7. The first-order valence-corrected chi connectivity index (χ1v) is 11.6. The Hall–Kier alpha value is -1.34. The Morgan fingerprint density at radius 2 is 2.00 bits per heavy atom. The van der Waals surface area contributed by atoms with E-state index < -0.39 is 27.2 Å². The van der Waals surface area contributed by atoms with Crippen molar-refractivity contribution >= 4 is 38.0 Å². The molecule has 2 unspecified atom stereocenters. The highest BCUT2D eigenvalue weighted by Crippen LogP contribution is 2.55. The molecule has 2 atom stereocenters. The van der Waals surface area contributed by atoms with Crippen LogP contribution >= 0.6 is 26.8 Å². The molecule has 14 heteroatoms. The summed E-state index contributed by atoms with van der Waals surface area (Å²) in [5.41, 5.74) is 1.27. The minimum Gasteiger partial charge on any atom is -0.379 e. The van der Waals surface area contributed by atoms with E-state index in [0.29, 0.717) is 28.7 Å². The van der Waals surface area contributed by atoms with Crippen LogP contribution in [-0.4, -0.2) is 59.9 Å². The van der Waals surface area contributed by atoms with Crippen LogP contribution in [0.25, 0.3) is 11.2 Å². The van der Waals surface area contributed by atoms with Gasteiger partial charge in [0.2, 0.25) is 0 Å². The summed E-state index contributed by atoms with van der Waals surface area (Å²) in [5.74, 6) is 1.96. The van der Waals surface area contributed by atoms with E-state index in [2.05, 4.69) is 25.4 Å². The van der Waals surface area contributed by atoms with Crippen molar-refractivity contribution in [3.8, 4) is 12.3 Å². The monoisotopic (exact) mass is 454 g/mol. The smallest absolute Gasteiger partial charge is 0.340 e. The number of methoxy groups -OCH3 is 1. The van der Waals surface area contributed by atoms with Gasteiger partial charge in [-0.25, -0.2) is 15.0 Å². The molecule has 28 heavy (non-hydrogen) atoms. The molecule has 0 aliphatic carbocycles. The van der Waals surface area contributed by atoms with E-state index in [0.717, 1.165) is 0 Å². The van der Waals surface area contributed by atoms with E-state index in [4.69, 9.17) is 37.4 Å². The Morgan fingerprint density at radius 3 is 2.54 bits per heavy atom. The summed E-state index contributed by atoms with van der Waals surface area (Å²) >= 11 is 5.90. The summed E-state index contributed by atoms with van der Waals surface area (Å²) in [5, 5.41) is 0.364. The van der Waals surface area contributed by atoms with Crippen molar-refractivity contribution in [2.24, 2.45) is 0 Å². The largest absolute Gasteiger partial charge is 0.379 e. The summed E-state index contributed by atoms with van der Waals surface area (Å²) in [6.07, 6.45) is 6.42. The molecule has 2 aromatic rings. The number of aryl methyl sites for hydroxylation is 1. The maximum atomic E-state index is 11.0. The molecule has 11 nitrogen and oxygen atoms in total. The van der Waals surface area contributed by atoms with Crippen LogP contribution in [0.1, 0.15) is 12.7 Å². The predicted molar refractivity (Wildman–Crippen MR) is 103 cm³/mol. The average molecular weight is 455 g/mol. The maximum Gasteiger partial charge on any atom is 0.340 e. The second kappa shape index (κ2) is 10.4. The lowest BCUT2D eigenvalue weighted by Crippen LogP contribution is -2.13. The van der Waals surface area contributed by atoms with Crippen LogP contribution in [-0.2, 0) is 24.9 Å². The number of terminal acetylenes is 1. The molecular weight excluding hydrogens is 434 g/mol. The maximum absolute atomic E-state index is 11.0. The summed E-state index contributed by atoms with van der Waals surface area (Å²) in [7, 11) is -7.37. The molecule has 2 rings (SSSR count). The van der Waals surface area contributed by atoms with Gasteiger partial charge in [-0.05, 0) is 13.8 Å². The number of rotatable bonds is 7. The lowest BCUT2D eigenvalue weighted by molar-refractivity contribution is 0.0672. The lowest BCUT2D eigenvalue weighted by atomic mass is 10.4. The molecule has 3 N–H and O–H groups in total. The van der Waals surface area contributed by atoms with E-state index in [1.165, 1.54) is 7.11 Å². The molecular formula is C14H21ClN4O7P2. The van der Waals surface area contributed by atoms with Crippen molar-refractivity contribution in [1.29, 1.82) is 0 Å². The molecule has 156 valence electrons. The molecule has 0 saturated carbocycles. The summed E-state index contributed by atoms with van der Waals surface area (Å²) in [4.78, 5) is 38.2. The number of imidazole rings is 1. The molecule has 0 spiro atoms. The number of ether oxygens (including phenoxy) is 1. The highest BCUT2D eigenvalue weighted by atomic mass is 35.5. The van der Waals surface area contributed by atoms with Crippen LogP contribution in [0.5, 0.6) is 0 Å². The van der Waals surface area contributed by atoms with Gasteiger partial charge in [0.15, 0.2) is 16.7 Å². The molecule has 0 bridgehead atoms. The van der Waals surface area contributed by atoms with Crippen molar-refractivity contribution in [3.05, 3.63) is 17.3 Å². The van der Waals surface area contributed by atoms with Gasteiger partial charge in [0, 0.05) is 7.11 Å². The van der Waals surface area contributed by atoms with Gasteiger partial charge in [-0.15, -0.1) is 6.42 Å². The number of fused-ring (bicyclic) bond motifs is 1. The number of nitrogens with zero attached hydrogens (tertiary/aromatic N) is 4. The molecule has 0 aliphatic rings. The fraction of sp³-hybridized carbons (Fsp3) is 0.500. The van der Waals surface area contributed by atoms with Crippen molar-refractivity contribution in [2.45, 2.75) is 26.5 Å². The van der Waals surface area contributed by atoms with E-state index in [9.17, 15) is 9.13 Å². The van der Waals surface area contributed by atoms with E-state index >= 15 is 0 Å². The molecule has 0 fully saturated rings. The first-order valence-electron chi connectivity index (χ1n) is 7.70. The molecule has 0 saturated heterocycles. The molecule has 0 radical (unpaired) electrons. The topological polar surface area (TPSA) is 157 Å². The molecule has 0 aromatic carbocycles. The third kappa shape index (κ3) is 8.35. The first-order chi connectivity index (χ1) is 12.9. The van der Waals surface area contributed by atoms with Crippen molar-refractivity contribution in [3.63, 3.8) is 0 Å². The Kier molecular flexibility index (Phi) is 9.21. The third-order valence-electron chi connectivity index (χ3n) is 3.07. The minimum absolute atomic E-state index is 0.190. The van der Waals surface area contributed by atoms with Crippen LogP contribution in [0.3, 0.4) is 0 Å². The summed E-state index contributed by atoms with van der Waals surface area (Å²) in [6.45, 7) is 3.61. The average Bonchev–Trinajstić information content (AvgIpc) is 2.95. The van der Waals surface area contributed by atoms with Gasteiger partial charge in [0.05, 0.1) is 25.6 Å². The van der Waals surface area contributed by atoms with Crippen LogP contribution in [0.15, 0.2) is 6.33 Å². The predicted octanol–water partition coefficient (Wildman–Crippen LogP) is 1.78. The highest BCUT2D eigenvalue weighted by Gasteiger charge is 2.31. The Morgan fingerprint density at radius 1 is 1.36 bits per heavy atom. The summed E-state index contributed by atoms with van der Waals surface area (Å²) in [6, 6.07) is 0. The van der Waals surface area contributed by atoms with Crippen LogP contribution < -0.4 is 0 Å². The van der Waals surface area contributed by atoms with Gasteiger partial charge in [0.1, 0.15) is 11.3 Å². The van der Waals surface area contributed by atoms with Crippen molar-refractivity contribution in [2.75, 3.05) is 19.6 Å². The molecule has 0 aliphatic heterocycles. The van der Waals surface area contributed by atoms with Crippen molar-refractivity contribution in [1.82, 2.24) is 19.5 Å². The second-order valence-corrected chi connectivity index (χ2v) is 9.95. The quantitative estimate of drug-likeness (QED) is 0.320. The fourth-order valence-corrected chi connectivity index (χ4v) is 4.68. The molecule has 2 heterocycles. The fourth-order valence-electron chi connectivity index (χ4n) is 1.79. The van der Waals surface area contributed by atoms with Gasteiger partial charge in [0.25, 0.3) is 0 Å². The van der Waals surface area contributed by atoms with Gasteiger partial charge < -0.3 is 28.5 Å². The lowest BCUT2D eigenvalue weighted by Gasteiger charge is -2.15.